The van der Waals surface area contributed by atoms with Crippen LogP contribution in [0.3, 0.4) is 0 Å². The van der Waals surface area contributed by atoms with Gasteiger partial charge in [-0.1, -0.05) is 6.07 Å². The van der Waals surface area contributed by atoms with Crippen LogP contribution >= 0.6 is 11.3 Å². The number of benzene rings is 1. The fraction of sp³-hybridized carbons (Fsp3) is 0.333. The molecule has 0 unspecified atom stereocenters. The normalized spacial score (nSPS) is 10.8. The number of rotatable bonds is 10. The Morgan fingerprint density at radius 3 is 2.84 bits per heavy atom. The number of amides is 1. The number of thiophene rings is 1. The van der Waals surface area contributed by atoms with Crippen molar-refractivity contribution in [2.24, 2.45) is 5.10 Å². The van der Waals surface area contributed by atoms with Gasteiger partial charge in [0.15, 0.2) is 11.5 Å². The molecule has 1 aromatic carbocycles. The molecule has 7 heteroatoms. The molecule has 1 N–H and O–H groups in total. The number of carbonyl (C=O) groups is 1. The maximum absolute atomic E-state index is 11.8. The second-order valence-electron chi connectivity index (χ2n) is 5.03. The van der Waals surface area contributed by atoms with Gasteiger partial charge in [0.2, 0.25) is 5.91 Å². The molecule has 0 fully saturated rings. The molecule has 1 aromatic heterocycles. The van der Waals surface area contributed by atoms with Crippen LogP contribution in [0.1, 0.15) is 17.4 Å². The van der Waals surface area contributed by atoms with E-state index in [4.69, 9.17) is 14.2 Å². The van der Waals surface area contributed by atoms with Crippen LogP contribution in [0.25, 0.3) is 0 Å². The van der Waals surface area contributed by atoms with Crippen LogP contribution in [0.2, 0.25) is 0 Å². The van der Waals surface area contributed by atoms with E-state index >= 15 is 0 Å². The fourth-order valence-corrected chi connectivity index (χ4v) is 2.72. The van der Waals surface area contributed by atoms with Gasteiger partial charge in [-0.15, -0.1) is 11.3 Å². The average Bonchev–Trinajstić information content (AvgIpc) is 3.10. The maximum Gasteiger partial charge on any atom is 0.245 e. The fourth-order valence-electron chi connectivity index (χ4n) is 2.02. The van der Waals surface area contributed by atoms with E-state index in [-0.39, 0.29) is 5.91 Å². The molecule has 2 aromatic rings. The molecule has 0 aliphatic heterocycles. The van der Waals surface area contributed by atoms with E-state index in [1.165, 1.54) is 0 Å². The third-order valence-electron chi connectivity index (χ3n) is 3.13. The molecule has 2 rings (SSSR count). The van der Waals surface area contributed by atoms with Crippen molar-refractivity contribution in [3.8, 4) is 11.5 Å². The summed E-state index contributed by atoms with van der Waals surface area (Å²) in [5.41, 5.74) is 3.33. The Balaban J connectivity index is 1.93. The first-order chi connectivity index (χ1) is 12.2. The molecule has 0 atom stereocenters. The molecule has 25 heavy (non-hydrogen) atoms. The van der Waals surface area contributed by atoms with Crippen LogP contribution in [0.4, 0.5) is 0 Å². The van der Waals surface area contributed by atoms with Gasteiger partial charge in [-0.2, -0.15) is 5.10 Å². The highest BCUT2D eigenvalue weighted by molar-refractivity contribution is 7.10. The summed E-state index contributed by atoms with van der Waals surface area (Å²) in [6, 6.07) is 9.32. The zero-order chi connectivity index (χ0) is 17.9. The summed E-state index contributed by atoms with van der Waals surface area (Å²) in [5.74, 6) is 1.13. The number of nitrogens with one attached hydrogen (secondary N) is 1. The molecule has 1 heterocycles. The second-order valence-corrected chi connectivity index (χ2v) is 6.06. The summed E-state index contributed by atoms with van der Waals surface area (Å²) < 4.78 is 16.2. The van der Waals surface area contributed by atoms with Crippen LogP contribution in [0, 0.1) is 0 Å². The van der Waals surface area contributed by atoms with Crippen molar-refractivity contribution in [2.45, 2.75) is 13.3 Å². The van der Waals surface area contributed by atoms with Crippen molar-refractivity contribution in [3.05, 3.63) is 46.2 Å². The first kappa shape index (κ1) is 19.0. The predicted octanol–water partition coefficient (Wildman–Crippen LogP) is 2.86. The second kappa shape index (κ2) is 10.5. The third-order valence-corrected chi connectivity index (χ3v) is 4.01. The molecule has 1 amide bonds. The maximum atomic E-state index is 11.8. The van der Waals surface area contributed by atoms with Crippen molar-refractivity contribution < 1.29 is 19.0 Å². The van der Waals surface area contributed by atoms with Crippen molar-refractivity contribution in [1.29, 1.82) is 0 Å². The summed E-state index contributed by atoms with van der Waals surface area (Å²) in [6.45, 7) is 3.39. The van der Waals surface area contributed by atoms with Crippen LogP contribution in [-0.4, -0.2) is 39.1 Å². The number of methoxy groups -OCH3 is 1. The van der Waals surface area contributed by atoms with E-state index in [0.29, 0.717) is 37.7 Å². The number of hydrogen-bond acceptors (Lipinski definition) is 6. The summed E-state index contributed by atoms with van der Waals surface area (Å²) >= 11 is 1.55. The van der Waals surface area contributed by atoms with Gasteiger partial charge in [0.05, 0.1) is 25.8 Å². The van der Waals surface area contributed by atoms with Gasteiger partial charge in [0, 0.05) is 12.0 Å². The quantitative estimate of drug-likeness (QED) is 0.401. The van der Waals surface area contributed by atoms with Crippen LogP contribution in [-0.2, 0) is 16.0 Å². The molecule has 0 saturated carbocycles. The van der Waals surface area contributed by atoms with Gasteiger partial charge < -0.3 is 14.2 Å². The molecule has 0 aliphatic rings. The average molecular weight is 362 g/mol. The molecule has 0 bridgehead atoms. The van der Waals surface area contributed by atoms with Gasteiger partial charge in [-0.05, 0) is 42.1 Å². The SMILES string of the molecule is CCOc1cc(/C=N\NC(=O)Cc2cccs2)ccc1OCCOC. The van der Waals surface area contributed by atoms with E-state index in [1.54, 1.807) is 24.7 Å². The van der Waals surface area contributed by atoms with E-state index in [1.807, 2.05) is 42.6 Å². The van der Waals surface area contributed by atoms with Crippen molar-refractivity contribution >= 4 is 23.5 Å². The molecule has 0 saturated heterocycles. The number of hydrogen-bond donors (Lipinski definition) is 1. The van der Waals surface area contributed by atoms with E-state index in [0.717, 1.165) is 10.4 Å². The lowest BCUT2D eigenvalue weighted by molar-refractivity contribution is -0.120. The summed E-state index contributed by atoms with van der Waals surface area (Å²) in [4.78, 5) is 12.8. The number of nitrogens with zero attached hydrogens (tertiary/aromatic N) is 1. The van der Waals surface area contributed by atoms with Crippen molar-refractivity contribution in [3.63, 3.8) is 0 Å². The number of carbonyl (C=O) groups excluding carboxylic acids is 1. The lowest BCUT2D eigenvalue weighted by atomic mass is 10.2. The van der Waals surface area contributed by atoms with Crippen LogP contribution in [0.5, 0.6) is 11.5 Å². The zero-order valence-corrected chi connectivity index (χ0v) is 15.2. The highest BCUT2D eigenvalue weighted by Crippen LogP contribution is 2.28. The Kier molecular flexibility index (Phi) is 7.94. The van der Waals surface area contributed by atoms with E-state index in [9.17, 15) is 4.79 Å². The van der Waals surface area contributed by atoms with Crippen molar-refractivity contribution in [2.75, 3.05) is 26.9 Å². The molecule has 0 radical (unpaired) electrons. The Labute approximate surface area is 151 Å². The Morgan fingerprint density at radius 1 is 1.24 bits per heavy atom. The zero-order valence-electron chi connectivity index (χ0n) is 14.4. The largest absolute Gasteiger partial charge is 0.490 e. The first-order valence-corrected chi connectivity index (χ1v) is 8.83. The van der Waals surface area contributed by atoms with Gasteiger partial charge in [-0.25, -0.2) is 5.43 Å². The predicted molar refractivity (Wildman–Crippen MR) is 98.7 cm³/mol. The molecular formula is C18H22N2O4S. The highest BCUT2D eigenvalue weighted by atomic mass is 32.1. The summed E-state index contributed by atoms with van der Waals surface area (Å²) in [6.07, 6.45) is 1.90. The monoisotopic (exact) mass is 362 g/mol. The molecule has 0 spiro atoms. The number of hydrazone groups is 1. The van der Waals surface area contributed by atoms with Crippen LogP contribution < -0.4 is 14.9 Å². The summed E-state index contributed by atoms with van der Waals surface area (Å²) in [7, 11) is 1.62. The number of ether oxygens (including phenoxy) is 3. The summed E-state index contributed by atoms with van der Waals surface area (Å²) in [5, 5.41) is 5.93. The van der Waals surface area contributed by atoms with Gasteiger partial charge >= 0.3 is 0 Å². The third kappa shape index (κ3) is 6.56. The van der Waals surface area contributed by atoms with Gasteiger partial charge in [0.1, 0.15) is 6.61 Å². The Hall–Kier alpha value is -2.38. The highest BCUT2D eigenvalue weighted by Gasteiger charge is 2.06. The first-order valence-electron chi connectivity index (χ1n) is 7.95. The van der Waals surface area contributed by atoms with Gasteiger partial charge in [0.25, 0.3) is 0 Å². The smallest absolute Gasteiger partial charge is 0.245 e. The molecular weight excluding hydrogens is 340 g/mol. The minimum absolute atomic E-state index is 0.150. The van der Waals surface area contributed by atoms with E-state index < -0.39 is 0 Å². The van der Waals surface area contributed by atoms with Crippen molar-refractivity contribution in [1.82, 2.24) is 5.43 Å². The lowest BCUT2D eigenvalue weighted by Crippen LogP contribution is -2.19. The van der Waals surface area contributed by atoms with E-state index in [2.05, 4.69) is 10.5 Å². The molecule has 0 aliphatic carbocycles. The Morgan fingerprint density at radius 2 is 2.12 bits per heavy atom. The molecule has 6 nitrogen and oxygen atoms in total. The van der Waals surface area contributed by atoms with Gasteiger partial charge in [-0.3, -0.25) is 4.79 Å². The molecule has 134 valence electrons. The lowest BCUT2D eigenvalue weighted by Gasteiger charge is -2.12. The van der Waals surface area contributed by atoms with Crippen LogP contribution in [0.15, 0.2) is 40.8 Å². The topological polar surface area (TPSA) is 69.2 Å². The standard InChI is InChI=1S/C18H22N2O4S/c1-3-23-17-11-14(6-7-16(17)24-9-8-22-2)13-19-20-18(21)12-15-5-4-10-25-15/h4-7,10-11,13H,3,8-9,12H2,1-2H3,(H,20,21)/b19-13-. The minimum Gasteiger partial charge on any atom is -0.490 e. The Bertz CT molecular complexity index is 686. The minimum atomic E-state index is -0.150.